The molecule has 0 atom stereocenters. The van der Waals surface area contributed by atoms with Crippen LogP contribution in [0.25, 0.3) is 22.3 Å². The highest BCUT2D eigenvalue weighted by Gasteiger charge is 2.20. The number of para-hydroxylation sites is 1. The average molecular weight is 427 g/mol. The van der Waals surface area contributed by atoms with E-state index in [2.05, 4.69) is 34.7 Å². The fourth-order valence-electron chi connectivity index (χ4n) is 3.18. The van der Waals surface area contributed by atoms with Crippen molar-refractivity contribution in [2.75, 3.05) is 33.2 Å². The van der Waals surface area contributed by atoms with Crippen LogP contribution in [0.1, 0.15) is 0 Å². The van der Waals surface area contributed by atoms with Gasteiger partial charge in [0.1, 0.15) is 11.3 Å². The highest BCUT2D eigenvalue weighted by atomic mass is 35.5. The van der Waals surface area contributed by atoms with E-state index in [0.717, 1.165) is 48.1 Å². The Morgan fingerprint density at radius 3 is 2.17 bits per heavy atom. The van der Waals surface area contributed by atoms with Crippen LogP contribution in [0.4, 0.5) is 17.3 Å². The molecule has 0 amide bonds. The molecule has 4 rings (SSSR count). The number of nitrogens with zero attached hydrogens (tertiary/aromatic N) is 2. The van der Waals surface area contributed by atoms with Gasteiger partial charge in [0.05, 0.1) is 24.5 Å². The minimum Gasteiger partial charge on any atom is -0.456 e. The second kappa shape index (κ2) is 9.01. The van der Waals surface area contributed by atoms with E-state index in [1.165, 1.54) is 10.7 Å². The second-order valence-corrected chi connectivity index (χ2v) is 7.22. The molecule has 3 aromatic rings. The van der Waals surface area contributed by atoms with Gasteiger partial charge in [0, 0.05) is 10.6 Å². The van der Waals surface area contributed by atoms with Crippen LogP contribution in [-0.2, 0) is 0 Å². The third-order valence-corrected chi connectivity index (χ3v) is 4.88. The summed E-state index contributed by atoms with van der Waals surface area (Å²) < 4.78 is 47.6. The predicted molar refractivity (Wildman–Crippen MR) is 109 cm³/mol. The van der Waals surface area contributed by atoms with Crippen LogP contribution in [0.5, 0.6) is 0 Å². The summed E-state index contributed by atoms with van der Waals surface area (Å²) in [6.07, 6.45) is 0. The summed E-state index contributed by atoms with van der Waals surface area (Å²) in [6.45, 7) is 4.22. The molecular weight excluding hydrogens is 406 g/mol. The standard InChI is InChI=1S/C20H20ClN2O.BF4/c1-22-10-12-23(13-11-22)18-14-20(15-6-8-16(21)9-7-15)24-19-5-3-2-4-17(18)19;2-1(3,4)5/h2-9,14H,10-13H2,1H3;/q+1;-1. The first-order valence-electron chi connectivity index (χ1n) is 9.13. The zero-order chi connectivity index (χ0) is 21.0. The number of hydrogen-bond acceptors (Lipinski definition) is 2. The minimum atomic E-state index is -6.00. The zero-order valence-electron chi connectivity index (χ0n) is 15.8. The maximum absolute atomic E-state index is 9.75. The van der Waals surface area contributed by atoms with Crippen molar-refractivity contribution in [2.24, 2.45) is 0 Å². The summed E-state index contributed by atoms with van der Waals surface area (Å²) in [5.74, 6) is 0.874. The summed E-state index contributed by atoms with van der Waals surface area (Å²) in [4.78, 5) is 2.37. The van der Waals surface area contributed by atoms with E-state index in [-0.39, 0.29) is 0 Å². The SMILES string of the molecule is CN1CC[N+](=c2cc(-c3ccc(Cl)cc3)oc3ccccc23)CC1.F[B-](F)(F)F. The number of benzene rings is 2. The Morgan fingerprint density at radius 1 is 0.966 bits per heavy atom. The molecule has 1 aromatic heterocycles. The van der Waals surface area contributed by atoms with Gasteiger partial charge in [-0.05, 0) is 43.4 Å². The van der Waals surface area contributed by atoms with Gasteiger partial charge in [-0.3, -0.25) is 4.90 Å². The third-order valence-electron chi connectivity index (χ3n) is 4.62. The van der Waals surface area contributed by atoms with Crippen LogP contribution in [0, 0.1) is 0 Å². The number of fused-ring (bicyclic) bond motifs is 1. The molecule has 0 bridgehead atoms. The molecule has 1 fully saturated rings. The van der Waals surface area contributed by atoms with E-state index in [9.17, 15) is 17.3 Å². The fraction of sp³-hybridized carbons (Fsp3) is 0.250. The first kappa shape index (κ1) is 21.4. The Morgan fingerprint density at radius 2 is 1.55 bits per heavy atom. The molecule has 154 valence electrons. The van der Waals surface area contributed by atoms with Gasteiger partial charge in [-0.1, -0.05) is 23.7 Å². The van der Waals surface area contributed by atoms with Crippen molar-refractivity contribution in [3.05, 3.63) is 65.0 Å². The first-order chi connectivity index (χ1) is 13.7. The van der Waals surface area contributed by atoms with Gasteiger partial charge in [0.25, 0.3) is 0 Å². The smallest absolute Gasteiger partial charge is 0.456 e. The molecule has 1 aliphatic heterocycles. The normalized spacial score (nSPS) is 15.2. The lowest BCUT2D eigenvalue weighted by atomic mass is 10.1. The molecule has 0 spiro atoms. The molecule has 9 heteroatoms. The van der Waals surface area contributed by atoms with Crippen LogP contribution < -0.4 is 9.93 Å². The second-order valence-electron chi connectivity index (χ2n) is 6.78. The molecule has 0 aliphatic carbocycles. The molecular formula is C20H20BClF4N2O. The number of likely N-dealkylation sites (N-methyl/N-ethyl adjacent to an activating group) is 1. The highest BCUT2D eigenvalue weighted by molar-refractivity contribution is 6.50. The minimum absolute atomic E-state index is 0.735. The number of piperazine rings is 1. The highest BCUT2D eigenvalue weighted by Crippen LogP contribution is 2.23. The molecule has 0 N–H and O–H groups in total. The molecule has 0 saturated carbocycles. The Labute approximate surface area is 170 Å². The van der Waals surface area contributed by atoms with Crippen molar-refractivity contribution in [1.29, 1.82) is 0 Å². The zero-order valence-corrected chi connectivity index (χ0v) is 16.6. The quantitative estimate of drug-likeness (QED) is 0.317. The van der Waals surface area contributed by atoms with Gasteiger partial charge in [-0.25, -0.2) is 4.58 Å². The van der Waals surface area contributed by atoms with Gasteiger partial charge < -0.3 is 21.7 Å². The molecule has 2 aromatic carbocycles. The summed E-state index contributed by atoms with van der Waals surface area (Å²) in [5, 5.41) is 3.15. The van der Waals surface area contributed by atoms with Gasteiger partial charge in [0.15, 0.2) is 13.1 Å². The van der Waals surface area contributed by atoms with E-state index < -0.39 is 7.25 Å². The monoisotopic (exact) mass is 426 g/mol. The molecule has 1 saturated heterocycles. The molecule has 3 nitrogen and oxygen atoms in total. The summed E-state index contributed by atoms with van der Waals surface area (Å²) in [5.41, 5.74) is 1.96. The van der Waals surface area contributed by atoms with Gasteiger partial charge >= 0.3 is 7.25 Å². The van der Waals surface area contributed by atoms with Crippen LogP contribution in [0.2, 0.25) is 5.02 Å². The van der Waals surface area contributed by atoms with Crippen molar-refractivity contribution in [3.8, 4) is 11.3 Å². The predicted octanol–water partition coefficient (Wildman–Crippen LogP) is 4.77. The van der Waals surface area contributed by atoms with Crippen molar-refractivity contribution in [1.82, 2.24) is 9.48 Å². The van der Waals surface area contributed by atoms with Crippen LogP contribution >= 0.6 is 11.6 Å². The first-order valence-corrected chi connectivity index (χ1v) is 9.51. The van der Waals surface area contributed by atoms with Crippen LogP contribution in [0.15, 0.2) is 59.0 Å². The van der Waals surface area contributed by atoms with E-state index in [4.69, 9.17) is 16.0 Å². The van der Waals surface area contributed by atoms with Gasteiger partial charge in [-0.15, -0.1) is 0 Å². The van der Waals surface area contributed by atoms with E-state index >= 15 is 0 Å². The Bertz CT molecular complexity index is 1030. The van der Waals surface area contributed by atoms with E-state index in [1.54, 1.807) is 0 Å². The van der Waals surface area contributed by atoms with Gasteiger partial charge in [0.2, 0.25) is 5.36 Å². The van der Waals surface area contributed by atoms with Crippen molar-refractivity contribution in [2.45, 2.75) is 0 Å². The molecule has 0 radical (unpaired) electrons. The van der Waals surface area contributed by atoms with Crippen molar-refractivity contribution in [3.63, 3.8) is 0 Å². The Balaban J connectivity index is 0.000000431. The van der Waals surface area contributed by atoms with Crippen LogP contribution in [-0.4, -0.2) is 45.4 Å². The van der Waals surface area contributed by atoms with Crippen LogP contribution in [0.3, 0.4) is 0 Å². The number of hydrogen-bond donors (Lipinski definition) is 0. The summed E-state index contributed by atoms with van der Waals surface area (Å²) in [6, 6.07) is 18.2. The molecule has 0 unspecified atom stereocenters. The fourth-order valence-corrected chi connectivity index (χ4v) is 3.31. The maximum Gasteiger partial charge on any atom is 0.673 e. The third kappa shape index (κ3) is 6.08. The Hall–Kier alpha value is -2.32. The topological polar surface area (TPSA) is 19.4 Å². The lowest BCUT2D eigenvalue weighted by Gasteiger charge is -2.20. The molecule has 2 heterocycles. The average Bonchev–Trinajstić information content (AvgIpc) is 2.67. The number of rotatable bonds is 1. The summed E-state index contributed by atoms with van der Waals surface area (Å²) >= 11 is 6.02. The summed E-state index contributed by atoms with van der Waals surface area (Å²) in [7, 11) is -3.82. The van der Waals surface area contributed by atoms with E-state index in [0.29, 0.717) is 0 Å². The van der Waals surface area contributed by atoms with E-state index in [1.807, 2.05) is 36.4 Å². The Kier molecular flexibility index (Phi) is 6.65. The molecule has 1 aliphatic rings. The largest absolute Gasteiger partial charge is 0.673 e. The lowest BCUT2D eigenvalue weighted by Crippen LogP contribution is -2.46. The number of halogens is 5. The van der Waals surface area contributed by atoms with Gasteiger partial charge in [-0.2, -0.15) is 0 Å². The maximum atomic E-state index is 9.75. The molecule has 29 heavy (non-hydrogen) atoms. The lowest BCUT2D eigenvalue weighted by molar-refractivity contribution is 0.267. The van der Waals surface area contributed by atoms with Crippen molar-refractivity contribution >= 4 is 29.8 Å². The van der Waals surface area contributed by atoms with Crippen molar-refractivity contribution < 1.29 is 21.7 Å².